The molecule has 0 aromatic heterocycles. The Kier molecular flexibility index (Phi) is 2.97. The van der Waals surface area contributed by atoms with Crippen LogP contribution >= 0.6 is 11.6 Å². The number of hydrogen-bond donors (Lipinski definition) is 0. The Bertz CT molecular complexity index is 363. The van der Waals surface area contributed by atoms with Gasteiger partial charge in [0.05, 0.1) is 10.5 Å². The number of nitrogens with zero attached hydrogens (tertiary/aromatic N) is 2. The van der Waals surface area contributed by atoms with Crippen molar-refractivity contribution >= 4 is 23.5 Å². The van der Waals surface area contributed by atoms with Gasteiger partial charge < -0.3 is 0 Å². The molecule has 1 aromatic rings. The minimum Gasteiger partial charge on any atom is -0.296 e. The zero-order valence-corrected chi connectivity index (χ0v) is 7.65. The van der Waals surface area contributed by atoms with Crippen molar-refractivity contribution < 1.29 is 4.92 Å². The zero-order valence-electron chi connectivity index (χ0n) is 6.90. The molecule has 4 nitrogen and oxygen atoms in total. The second-order valence-corrected chi connectivity index (χ2v) is 2.78. The van der Waals surface area contributed by atoms with Crippen molar-refractivity contribution in [1.82, 2.24) is 0 Å². The Morgan fingerprint density at radius 1 is 1.62 bits per heavy atom. The third-order valence-corrected chi connectivity index (χ3v) is 1.69. The first-order chi connectivity index (χ1) is 6.15. The van der Waals surface area contributed by atoms with Crippen LogP contribution in [-0.2, 0) is 0 Å². The summed E-state index contributed by atoms with van der Waals surface area (Å²) in [6.45, 7) is 0. The smallest absolute Gasteiger partial charge is 0.278 e. The van der Waals surface area contributed by atoms with Crippen LogP contribution in [0.25, 0.3) is 0 Å². The lowest BCUT2D eigenvalue weighted by Gasteiger charge is -1.96. The summed E-state index contributed by atoms with van der Waals surface area (Å²) in [5, 5.41) is 11.0. The molecule has 0 aliphatic carbocycles. The number of rotatable bonds is 2. The molecular weight excluding hydrogens is 192 g/mol. The quantitative estimate of drug-likeness (QED) is 0.416. The van der Waals surface area contributed by atoms with Crippen LogP contribution in [0.5, 0.6) is 0 Å². The number of nitro benzene ring substituents is 1. The van der Waals surface area contributed by atoms with Crippen molar-refractivity contribution in [3.05, 3.63) is 38.9 Å². The van der Waals surface area contributed by atoms with Gasteiger partial charge in [0, 0.05) is 24.4 Å². The van der Waals surface area contributed by atoms with Crippen LogP contribution in [0.3, 0.4) is 0 Å². The van der Waals surface area contributed by atoms with Crippen molar-refractivity contribution in [1.29, 1.82) is 0 Å². The van der Waals surface area contributed by atoms with Crippen LogP contribution < -0.4 is 0 Å². The molecule has 0 aliphatic rings. The highest BCUT2D eigenvalue weighted by molar-refractivity contribution is 6.31. The summed E-state index contributed by atoms with van der Waals surface area (Å²) >= 11 is 5.67. The SMILES string of the molecule is CN=Cc1cc(Cl)ccc1[N+](=O)[O-]. The molecule has 0 heterocycles. The van der Waals surface area contributed by atoms with Gasteiger partial charge in [-0.25, -0.2) is 0 Å². The van der Waals surface area contributed by atoms with E-state index < -0.39 is 4.92 Å². The fraction of sp³-hybridized carbons (Fsp3) is 0.125. The van der Waals surface area contributed by atoms with E-state index >= 15 is 0 Å². The lowest BCUT2D eigenvalue weighted by molar-refractivity contribution is -0.385. The minimum absolute atomic E-state index is 0.00926. The van der Waals surface area contributed by atoms with Crippen molar-refractivity contribution in [2.24, 2.45) is 4.99 Å². The van der Waals surface area contributed by atoms with E-state index in [9.17, 15) is 10.1 Å². The average Bonchev–Trinajstić information content (AvgIpc) is 2.04. The number of aliphatic imine (C=N–C) groups is 1. The minimum atomic E-state index is -0.465. The molecular formula is C8H7ClN2O2. The first kappa shape index (κ1) is 9.67. The predicted octanol–water partition coefficient (Wildman–Crippen LogP) is 2.30. The molecule has 0 saturated heterocycles. The first-order valence-electron chi connectivity index (χ1n) is 3.51. The molecule has 0 aliphatic heterocycles. The van der Waals surface area contributed by atoms with Gasteiger partial charge in [0.2, 0.25) is 0 Å². The molecule has 13 heavy (non-hydrogen) atoms. The van der Waals surface area contributed by atoms with E-state index in [1.165, 1.54) is 24.4 Å². The molecule has 68 valence electrons. The molecule has 1 rings (SSSR count). The second-order valence-electron chi connectivity index (χ2n) is 2.35. The highest BCUT2D eigenvalue weighted by Gasteiger charge is 2.11. The third kappa shape index (κ3) is 2.26. The number of hydrogen-bond acceptors (Lipinski definition) is 3. The molecule has 0 radical (unpaired) electrons. The maximum atomic E-state index is 10.5. The highest BCUT2D eigenvalue weighted by atomic mass is 35.5. The summed E-state index contributed by atoms with van der Waals surface area (Å²) in [6, 6.07) is 4.35. The Hall–Kier alpha value is -1.42. The molecule has 0 bridgehead atoms. The van der Waals surface area contributed by atoms with E-state index in [1.807, 2.05) is 0 Å². The zero-order chi connectivity index (χ0) is 9.84. The van der Waals surface area contributed by atoms with E-state index in [0.717, 1.165) is 0 Å². The van der Waals surface area contributed by atoms with Crippen LogP contribution in [0.15, 0.2) is 23.2 Å². The summed E-state index contributed by atoms with van der Waals surface area (Å²) in [6.07, 6.45) is 1.41. The number of benzene rings is 1. The van der Waals surface area contributed by atoms with Crippen molar-refractivity contribution in [2.45, 2.75) is 0 Å². The van der Waals surface area contributed by atoms with Crippen LogP contribution in [0.1, 0.15) is 5.56 Å². The molecule has 0 spiro atoms. The molecule has 0 unspecified atom stereocenters. The van der Waals surface area contributed by atoms with Gasteiger partial charge >= 0.3 is 0 Å². The molecule has 0 amide bonds. The largest absolute Gasteiger partial charge is 0.296 e. The molecule has 5 heteroatoms. The fourth-order valence-corrected chi connectivity index (χ4v) is 1.11. The lowest BCUT2D eigenvalue weighted by Crippen LogP contribution is -1.94. The van der Waals surface area contributed by atoms with Gasteiger partial charge in [-0.15, -0.1) is 0 Å². The van der Waals surface area contributed by atoms with E-state index in [0.29, 0.717) is 10.6 Å². The summed E-state index contributed by atoms with van der Waals surface area (Å²) < 4.78 is 0. The van der Waals surface area contributed by atoms with Crippen molar-refractivity contribution in [3.8, 4) is 0 Å². The maximum Gasteiger partial charge on any atom is 0.278 e. The summed E-state index contributed by atoms with van der Waals surface area (Å²) in [5.41, 5.74) is 0.426. The predicted molar refractivity (Wildman–Crippen MR) is 51.6 cm³/mol. The lowest BCUT2D eigenvalue weighted by atomic mass is 10.2. The van der Waals surface area contributed by atoms with E-state index in [2.05, 4.69) is 4.99 Å². The second kappa shape index (κ2) is 4.00. The van der Waals surface area contributed by atoms with Crippen LogP contribution in [0.4, 0.5) is 5.69 Å². The van der Waals surface area contributed by atoms with Crippen molar-refractivity contribution in [2.75, 3.05) is 7.05 Å². The van der Waals surface area contributed by atoms with Gasteiger partial charge in [0.25, 0.3) is 5.69 Å². The number of nitro groups is 1. The fourth-order valence-electron chi connectivity index (χ4n) is 0.934. The normalized spacial score (nSPS) is 10.6. The van der Waals surface area contributed by atoms with Gasteiger partial charge in [-0.2, -0.15) is 0 Å². The van der Waals surface area contributed by atoms with Crippen LogP contribution in [0.2, 0.25) is 5.02 Å². The van der Waals surface area contributed by atoms with Crippen LogP contribution in [-0.4, -0.2) is 18.2 Å². The highest BCUT2D eigenvalue weighted by Crippen LogP contribution is 2.20. The Labute approximate surface area is 80.0 Å². The summed E-state index contributed by atoms with van der Waals surface area (Å²) in [4.78, 5) is 13.7. The Morgan fingerprint density at radius 2 is 2.31 bits per heavy atom. The Balaban J connectivity index is 3.26. The van der Waals surface area contributed by atoms with Gasteiger partial charge in [0.1, 0.15) is 0 Å². The number of halogens is 1. The molecule has 0 fully saturated rings. The van der Waals surface area contributed by atoms with E-state index in [4.69, 9.17) is 11.6 Å². The standard InChI is InChI=1S/C8H7ClN2O2/c1-10-5-6-4-7(9)2-3-8(6)11(12)13/h2-5H,1H3. The van der Waals surface area contributed by atoms with Crippen molar-refractivity contribution in [3.63, 3.8) is 0 Å². The first-order valence-corrected chi connectivity index (χ1v) is 3.89. The molecule has 0 saturated carbocycles. The van der Waals surface area contributed by atoms with E-state index in [-0.39, 0.29) is 5.69 Å². The molecule has 0 atom stereocenters. The molecule has 1 aromatic carbocycles. The van der Waals surface area contributed by atoms with Gasteiger partial charge in [0.15, 0.2) is 0 Å². The van der Waals surface area contributed by atoms with Crippen LogP contribution in [0, 0.1) is 10.1 Å². The molecule has 0 N–H and O–H groups in total. The third-order valence-electron chi connectivity index (χ3n) is 1.45. The monoisotopic (exact) mass is 198 g/mol. The summed E-state index contributed by atoms with van der Waals surface area (Å²) in [5.74, 6) is 0. The van der Waals surface area contributed by atoms with E-state index in [1.54, 1.807) is 7.05 Å². The van der Waals surface area contributed by atoms with Gasteiger partial charge in [-0.05, 0) is 12.1 Å². The Morgan fingerprint density at radius 3 is 2.85 bits per heavy atom. The van der Waals surface area contributed by atoms with Gasteiger partial charge in [-0.3, -0.25) is 15.1 Å². The topological polar surface area (TPSA) is 55.5 Å². The average molecular weight is 199 g/mol. The van der Waals surface area contributed by atoms with Gasteiger partial charge in [-0.1, -0.05) is 11.6 Å². The maximum absolute atomic E-state index is 10.5. The summed E-state index contributed by atoms with van der Waals surface area (Å²) in [7, 11) is 1.55.